The fourth-order valence-corrected chi connectivity index (χ4v) is 2.97. The Hall–Kier alpha value is -0.640. The Morgan fingerprint density at radius 2 is 1.81 bits per heavy atom. The number of likely N-dealkylation sites (tertiary alicyclic amines) is 1. The molecule has 0 atom stereocenters. The van der Waals surface area contributed by atoms with E-state index in [0.29, 0.717) is 19.0 Å². The number of amides is 1. The second-order valence-electron chi connectivity index (χ2n) is 5.29. The van der Waals surface area contributed by atoms with Gasteiger partial charge in [-0.15, -0.1) is 0 Å². The molecule has 1 saturated heterocycles. The van der Waals surface area contributed by atoms with Gasteiger partial charge in [0.05, 0.1) is 7.11 Å². The number of halogens is 3. The fraction of sp³-hybridized carbons (Fsp3) is 0.533. The topological polar surface area (TPSA) is 29.5 Å². The third-order valence-electron chi connectivity index (χ3n) is 3.83. The molecule has 0 aliphatic carbocycles. The average molecular weight is 351 g/mol. The van der Waals surface area contributed by atoms with Gasteiger partial charge < -0.3 is 9.64 Å². The van der Waals surface area contributed by atoms with Crippen LogP contribution < -0.4 is 4.74 Å². The number of methoxy groups -OCH3 is 1. The molecule has 1 heterocycles. The molecule has 21 heavy (non-hydrogen) atoms. The van der Waals surface area contributed by atoms with Gasteiger partial charge in [0.2, 0.25) is 0 Å². The molecule has 1 fully saturated rings. The summed E-state index contributed by atoms with van der Waals surface area (Å²) in [6.07, 6.45) is 2.86. The lowest BCUT2D eigenvalue weighted by Crippen LogP contribution is -2.44. The predicted octanol–water partition coefficient (Wildman–Crippen LogP) is 3.85. The van der Waals surface area contributed by atoms with Crippen molar-refractivity contribution in [3.8, 4) is 5.75 Å². The summed E-state index contributed by atoms with van der Waals surface area (Å²) in [5.74, 6) is 0.995. The highest BCUT2D eigenvalue weighted by atomic mass is 35.6. The first-order valence-electron chi connectivity index (χ1n) is 6.89. The van der Waals surface area contributed by atoms with Gasteiger partial charge in [-0.25, -0.2) is 0 Å². The molecule has 1 aromatic rings. The van der Waals surface area contributed by atoms with Gasteiger partial charge in [0.1, 0.15) is 5.75 Å². The van der Waals surface area contributed by atoms with Gasteiger partial charge in [-0.2, -0.15) is 0 Å². The summed E-state index contributed by atoms with van der Waals surface area (Å²) in [5, 5.41) is 0. The molecular weight excluding hydrogens is 333 g/mol. The highest BCUT2D eigenvalue weighted by Crippen LogP contribution is 2.31. The maximum absolute atomic E-state index is 11.9. The summed E-state index contributed by atoms with van der Waals surface area (Å²) in [6.45, 7) is 1.29. The number of carbonyl (C=O) groups is 1. The van der Waals surface area contributed by atoms with Crippen LogP contribution in [0.15, 0.2) is 24.3 Å². The van der Waals surface area contributed by atoms with Crippen molar-refractivity contribution in [2.45, 2.75) is 23.1 Å². The molecule has 1 amide bonds. The molecule has 3 nitrogen and oxygen atoms in total. The molecule has 0 bridgehead atoms. The van der Waals surface area contributed by atoms with Gasteiger partial charge in [-0.05, 0) is 42.9 Å². The Kier molecular flexibility index (Phi) is 5.64. The molecule has 0 spiro atoms. The van der Waals surface area contributed by atoms with Crippen LogP contribution in [0.3, 0.4) is 0 Å². The predicted molar refractivity (Wildman–Crippen MR) is 86.3 cm³/mol. The SMILES string of the molecule is COc1ccc(CC2CCN(C(=O)C(Cl)(Cl)Cl)CC2)cc1. The van der Waals surface area contributed by atoms with Crippen LogP contribution in [0.5, 0.6) is 5.75 Å². The van der Waals surface area contributed by atoms with Gasteiger partial charge in [-0.1, -0.05) is 46.9 Å². The van der Waals surface area contributed by atoms with Gasteiger partial charge in [0, 0.05) is 13.1 Å². The molecule has 6 heteroatoms. The first-order chi connectivity index (χ1) is 9.90. The van der Waals surface area contributed by atoms with Crippen LogP contribution in [0.1, 0.15) is 18.4 Å². The van der Waals surface area contributed by atoms with Crippen molar-refractivity contribution >= 4 is 40.7 Å². The van der Waals surface area contributed by atoms with E-state index < -0.39 is 9.70 Å². The van der Waals surface area contributed by atoms with E-state index >= 15 is 0 Å². The largest absolute Gasteiger partial charge is 0.497 e. The zero-order valence-electron chi connectivity index (χ0n) is 11.8. The van der Waals surface area contributed by atoms with Crippen LogP contribution >= 0.6 is 34.8 Å². The van der Waals surface area contributed by atoms with E-state index in [-0.39, 0.29) is 0 Å². The Balaban J connectivity index is 1.85. The minimum atomic E-state index is -1.84. The van der Waals surface area contributed by atoms with Crippen LogP contribution in [0.25, 0.3) is 0 Å². The number of hydrogen-bond acceptors (Lipinski definition) is 2. The highest BCUT2D eigenvalue weighted by molar-refractivity contribution is 6.76. The van der Waals surface area contributed by atoms with E-state index in [4.69, 9.17) is 39.5 Å². The number of alkyl halides is 3. The monoisotopic (exact) mass is 349 g/mol. The van der Waals surface area contributed by atoms with Gasteiger partial charge in [0.15, 0.2) is 0 Å². The van der Waals surface area contributed by atoms with E-state index in [1.165, 1.54) is 5.56 Å². The Labute approximate surface area is 140 Å². The summed E-state index contributed by atoms with van der Waals surface area (Å²) in [6, 6.07) is 8.10. The summed E-state index contributed by atoms with van der Waals surface area (Å²) in [5.41, 5.74) is 1.28. The Morgan fingerprint density at radius 3 is 2.29 bits per heavy atom. The van der Waals surface area contributed by atoms with Crippen LogP contribution in [-0.2, 0) is 11.2 Å². The lowest BCUT2D eigenvalue weighted by molar-refractivity contribution is -0.131. The van der Waals surface area contributed by atoms with E-state index in [1.54, 1.807) is 12.0 Å². The number of ether oxygens (including phenoxy) is 1. The van der Waals surface area contributed by atoms with Crippen molar-refractivity contribution < 1.29 is 9.53 Å². The second-order valence-corrected chi connectivity index (χ2v) is 7.57. The third-order valence-corrected chi connectivity index (χ3v) is 4.31. The standard InChI is InChI=1S/C15H18Cl3NO2/c1-21-13-4-2-11(3-5-13)10-12-6-8-19(9-7-12)14(20)15(16,17)18/h2-5,12H,6-10H2,1H3. The summed E-state index contributed by atoms with van der Waals surface area (Å²) >= 11 is 16.9. The highest BCUT2D eigenvalue weighted by Gasteiger charge is 2.36. The van der Waals surface area contributed by atoms with Crippen molar-refractivity contribution in [3.63, 3.8) is 0 Å². The van der Waals surface area contributed by atoms with Gasteiger partial charge in [-0.3, -0.25) is 4.79 Å². The lowest BCUT2D eigenvalue weighted by atomic mass is 9.90. The Bertz CT molecular complexity index is 477. The van der Waals surface area contributed by atoms with E-state index in [1.807, 2.05) is 12.1 Å². The number of benzene rings is 1. The molecular formula is C15H18Cl3NO2. The third kappa shape index (κ3) is 4.67. The maximum Gasteiger partial charge on any atom is 0.274 e. The van der Waals surface area contributed by atoms with Crippen LogP contribution in [0.4, 0.5) is 0 Å². The first-order valence-corrected chi connectivity index (χ1v) is 8.02. The molecule has 0 N–H and O–H groups in total. The number of carbonyl (C=O) groups excluding carboxylic acids is 1. The van der Waals surface area contributed by atoms with Crippen LogP contribution in [0, 0.1) is 5.92 Å². The van der Waals surface area contributed by atoms with E-state index in [0.717, 1.165) is 25.0 Å². The molecule has 1 aromatic carbocycles. The second kappa shape index (κ2) is 7.08. The lowest BCUT2D eigenvalue weighted by Gasteiger charge is -2.33. The number of piperidine rings is 1. The maximum atomic E-state index is 11.9. The minimum absolute atomic E-state index is 0.421. The Morgan fingerprint density at radius 1 is 1.24 bits per heavy atom. The molecule has 2 rings (SSSR count). The average Bonchev–Trinajstić information content (AvgIpc) is 2.47. The minimum Gasteiger partial charge on any atom is -0.497 e. The summed E-state index contributed by atoms with van der Waals surface area (Å²) in [7, 11) is 1.66. The van der Waals surface area contributed by atoms with Crippen molar-refractivity contribution in [2.24, 2.45) is 5.92 Å². The number of nitrogens with zero attached hydrogens (tertiary/aromatic N) is 1. The van der Waals surface area contributed by atoms with Gasteiger partial charge >= 0.3 is 0 Å². The van der Waals surface area contributed by atoms with Crippen molar-refractivity contribution in [1.29, 1.82) is 0 Å². The van der Waals surface area contributed by atoms with E-state index in [9.17, 15) is 4.79 Å². The normalized spacial score (nSPS) is 16.9. The van der Waals surface area contributed by atoms with Crippen LogP contribution in [0.2, 0.25) is 0 Å². The summed E-state index contributed by atoms with van der Waals surface area (Å²) < 4.78 is 3.31. The number of rotatable bonds is 3. The van der Waals surface area contributed by atoms with Crippen molar-refractivity contribution in [1.82, 2.24) is 4.90 Å². The zero-order chi connectivity index (χ0) is 15.5. The van der Waals surface area contributed by atoms with Gasteiger partial charge in [0.25, 0.3) is 9.70 Å². The molecule has 116 valence electrons. The molecule has 0 unspecified atom stereocenters. The molecule has 0 radical (unpaired) electrons. The molecule has 1 aliphatic heterocycles. The first kappa shape index (κ1) is 16.7. The molecule has 1 aliphatic rings. The summed E-state index contributed by atoms with van der Waals surface area (Å²) in [4.78, 5) is 13.5. The van der Waals surface area contributed by atoms with Crippen molar-refractivity contribution in [2.75, 3.05) is 20.2 Å². The van der Waals surface area contributed by atoms with E-state index in [2.05, 4.69) is 12.1 Å². The van der Waals surface area contributed by atoms with Crippen molar-refractivity contribution in [3.05, 3.63) is 29.8 Å². The number of hydrogen-bond donors (Lipinski definition) is 0. The fourth-order valence-electron chi connectivity index (χ4n) is 2.61. The quantitative estimate of drug-likeness (QED) is 0.775. The smallest absolute Gasteiger partial charge is 0.274 e. The zero-order valence-corrected chi connectivity index (χ0v) is 14.1. The molecule has 0 aromatic heterocycles. The molecule has 0 saturated carbocycles. The van der Waals surface area contributed by atoms with Crippen LogP contribution in [-0.4, -0.2) is 34.8 Å².